The third kappa shape index (κ3) is 2.80. The Balaban J connectivity index is 1.69. The molecule has 2 aromatic carbocycles. The van der Waals surface area contributed by atoms with Gasteiger partial charge in [-0.15, -0.1) is 5.10 Å². The molecule has 94 valence electrons. The summed E-state index contributed by atoms with van der Waals surface area (Å²) in [4.78, 5) is 4.42. The summed E-state index contributed by atoms with van der Waals surface area (Å²) in [6.07, 6.45) is 0. The summed E-state index contributed by atoms with van der Waals surface area (Å²) in [7, 11) is 0. The second kappa shape index (κ2) is 5.35. The minimum atomic E-state index is 0.614. The SMILES string of the molecule is c1ccc(CNc2n[nH]c(-c3ccccc3)n2)cc1. The Morgan fingerprint density at radius 3 is 2.32 bits per heavy atom. The van der Waals surface area contributed by atoms with Gasteiger partial charge in [-0.25, -0.2) is 0 Å². The second-order valence-corrected chi connectivity index (χ2v) is 4.21. The number of rotatable bonds is 4. The van der Waals surface area contributed by atoms with Crippen molar-refractivity contribution in [2.24, 2.45) is 0 Å². The van der Waals surface area contributed by atoms with E-state index in [0.29, 0.717) is 12.5 Å². The van der Waals surface area contributed by atoms with Gasteiger partial charge in [0, 0.05) is 12.1 Å². The maximum Gasteiger partial charge on any atom is 0.242 e. The molecule has 0 spiro atoms. The largest absolute Gasteiger partial charge is 0.349 e. The summed E-state index contributed by atoms with van der Waals surface area (Å²) < 4.78 is 0. The molecule has 0 radical (unpaired) electrons. The Bertz CT molecular complexity index is 632. The van der Waals surface area contributed by atoms with Crippen molar-refractivity contribution in [2.75, 3.05) is 5.32 Å². The second-order valence-electron chi connectivity index (χ2n) is 4.21. The number of aromatic nitrogens is 3. The van der Waals surface area contributed by atoms with E-state index < -0.39 is 0 Å². The molecule has 0 amide bonds. The number of benzene rings is 2. The zero-order valence-electron chi connectivity index (χ0n) is 10.4. The average molecular weight is 250 g/mol. The molecule has 4 heteroatoms. The van der Waals surface area contributed by atoms with Crippen LogP contribution >= 0.6 is 0 Å². The Labute approximate surface area is 111 Å². The van der Waals surface area contributed by atoms with Crippen LogP contribution < -0.4 is 5.32 Å². The standard InChI is InChI=1S/C15H14N4/c1-3-7-12(8-4-1)11-16-15-17-14(18-19-15)13-9-5-2-6-10-13/h1-10H,11H2,(H2,16,17,18,19). The highest BCUT2D eigenvalue weighted by Crippen LogP contribution is 2.15. The number of nitrogens with one attached hydrogen (secondary N) is 2. The number of anilines is 1. The molecule has 0 unspecified atom stereocenters. The number of hydrogen-bond donors (Lipinski definition) is 2. The fraction of sp³-hybridized carbons (Fsp3) is 0.0667. The van der Waals surface area contributed by atoms with E-state index in [4.69, 9.17) is 0 Å². The van der Waals surface area contributed by atoms with Gasteiger partial charge in [0.15, 0.2) is 5.82 Å². The van der Waals surface area contributed by atoms with Crippen molar-refractivity contribution in [1.82, 2.24) is 15.2 Å². The molecule has 19 heavy (non-hydrogen) atoms. The highest BCUT2D eigenvalue weighted by molar-refractivity contribution is 5.55. The fourth-order valence-corrected chi connectivity index (χ4v) is 1.84. The number of H-pyrrole nitrogens is 1. The molecule has 0 saturated carbocycles. The van der Waals surface area contributed by atoms with Crippen LogP contribution in [0.2, 0.25) is 0 Å². The van der Waals surface area contributed by atoms with Crippen molar-refractivity contribution < 1.29 is 0 Å². The van der Waals surface area contributed by atoms with E-state index in [9.17, 15) is 0 Å². The molecule has 0 atom stereocenters. The maximum absolute atomic E-state index is 4.42. The van der Waals surface area contributed by atoms with Gasteiger partial charge in [-0.1, -0.05) is 60.7 Å². The van der Waals surface area contributed by atoms with Gasteiger partial charge in [-0.2, -0.15) is 4.98 Å². The molecule has 0 aliphatic heterocycles. The summed E-state index contributed by atoms with van der Waals surface area (Å²) in [5.74, 6) is 1.39. The molecule has 0 fully saturated rings. The first kappa shape index (κ1) is 11.5. The van der Waals surface area contributed by atoms with Gasteiger partial charge in [-0.3, -0.25) is 5.10 Å². The van der Waals surface area contributed by atoms with Crippen LogP contribution in [0.5, 0.6) is 0 Å². The first-order valence-corrected chi connectivity index (χ1v) is 6.17. The van der Waals surface area contributed by atoms with Gasteiger partial charge in [-0.05, 0) is 5.56 Å². The first-order valence-electron chi connectivity index (χ1n) is 6.17. The average Bonchev–Trinajstić information content (AvgIpc) is 2.96. The number of aromatic amines is 1. The topological polar surface area (TPSA) is 53.6 Å². The highest BCUT2D eigenvalue weighted by atomic mass is 15.3. The van der Waals surface area contributed by atoms with Crippen molar-refractivity contribution in [1.29, 1.82) is 0 Å². The summed E-state index contributed by atoms with van der Waals surface area (Å²) in [5.41, 5.74) is 2.23. The molecule has 4 nitrogen and oxygen atoms in total. The predicted molar refractivity (Wildman–Crippen MR) is 75.6 cm³/mol. The van der Waals surface area contributed by atoms with Crippen LogP contribution in [0.3, 0.4) is 0 Å². The van der Waals surface area contributed by atoms with E-state index in [1.165, 1.54) is 5.56 Å². The van der Waals surface area contributed by atoms with Gasteiger partial charge in [0.1, 0.15) is 0 Å². The summed E-state index contributed by atoms with van der Waals surface area (Å²) in [5, 5.41) is 10.3. The van der Waals surface area contributed by atoms with E-state index in [1.54, 1.807) is 0 Å². The van der Waals surface area contributed by atoms with Crippen LogP contribution in [0.25, 0.3) is 11.4 Å². The maximum atomic E-state index is 4.42. The minimum absolute atomic E-state index is 0.614. The lowest BCUT2D eigenvalue weighted by Gasteiger charge is -2.00. The van der Waals surface area contributed by atoms with Crippen LogP contribution in [-0.4, -0.2) is 15.2 Å². The lowest BCUT2D eigenvalue weighted by molar-refractivity contribution is 1.04. The zero-order chi connectivity index (χ0) is 12.9. The van der Waals surface area contributed by atoms with Crippen molar-refractivity contribution in [3.05, 3.63) is 66.2 Å². The van der Waals surface area contributed by atoms with Gasteiger partial charge >= 0.3 is 0 Å². The van der Waals surface area contributed by atoms with Crippen molar-refractivity contribution >= 4 is 5.95 Å². The van der Waals surface area contributed by atoms with E-state index >= 15 is 0 Å². The summed E-state index contributed by atoms with van der Waals surface area (Å²) in [6, 6.07) is 20.1. The Hall–Kier alpha value is -2.62. The zero-order valence-corrected chi connectivity index (χ0v) is 10.4. The molecule has 3 rings (SSSR count). The number of nitrogens with zero attached hydrogens (tertiary/aromatic N) is 2. The van der Waals surface area contributed by atoms with Gasteiger partial charge < -0.3 is 5.32 Å². The van der Waals surface area contributed by atoms with Gasteiger partial charge in [0.05, 0.1) is 0 Å². The molecule has 0 bridgehead atoms. The molecule has 1 aromatic heterocycles. The Kier molecular flexibility index (Phi) is 3.23. The molecular weight excluding hydrogens is 236 g/mol. The fourth-order valence-electron chi connectivity index (χ4n) is 1.84. The smallest absolute Gasteiger partial charge is 0.242 e. The molecule has 0 aliphatic carbocycles. The van der Waals surface area contributed by atoms with Crippen molar-refractivity contribution in [2.45, 2.75) is 6.54 Å². The monoisotopic (exact) mass is 250 g/mol. The Morgan fingerprint density at radius 1 is 0.895 bits per heavy atom. The lowest BCUT2D eigenvalue weighted by atomic mass is 10.2. The predicted octanol–water partition coefficient (Wildman–Crippen LogP) is 3.08. The van der Waals surface area contributed by atoms with Crippen LogP contribution in [0.4, 0.5) is 5.95 Å². The summed E-state index contributed by atoms with van der Waals surface area (Å²) in [6.45, 7) is 0.715. The van der Waals surface area contributed by atoms with Crippen LogP contribution in [-0.2, 0) is 6.54 Å². The minimum Gasteiger partial charge on any atom is -0.349 e. The van der Waals surface area contributed by atoms with Gasteiger partial charge in [0.2, 0.25) is 5.95 Å². The lowest BCUT2D eigenvalue weighted by Crippen LogP contribution is -2.00. The molecule has 2 N–H and O–H groups in total. The third-order valence-corrected chi connectivity index (χ3v) is 2.83. The molecule has 0 aliphatic rings. The third-order valence-electron chi connectivity index (χ3n) is 2.83. The van der Waals surface area contributed by atoms with E-state index in [0.717, 1.165) is 11.4 Å². The number of hydrogen-bond acceptors (Lipinski definition) is 3. The Morgan fingerprint density at radius 2 is 1.58 bits per heavy atom. The molecule has 1 heterocycles. The van der Waals surface area contributed by atoms with Gasteiger partial charge in [0.25, 0.3) is 0 Å². The van der Waals surface area contributed by atoms with E-state index in [1.807, 2.05) is 48.5 Å². The highest BCUT2D eigenvalue weighted by Gasteiger charge is 2.04. The van der Waals surface area contributed by atoms with Crippen LogP contribution in [0.1, 0.15) is 5.56 Å². The van der Waals surface area contributed by atoms with Crippen molar-refractivity contribution in [3.63, 3.8) is 0 Å². The normalized spacial score (nSPS) is 10.3. The summed E-state index contributed by atoms with van der Waals surface area (Å²) >= 11 is 0. The first-order chi connectivity index (χ1) is 9.42. The van der Waals surface area contributed by atoms with Crippen LogP contribution in [0, 0.1) is 0 Å². The van der Waals surface area contributed by atoms with Crippen molar-refractivity contribution in [3.8, 4) is 11.4 Å². The van der Waals surface area contributed by atoms with E-state index in [2.05, 4.69) is 32.6 Å². The molecular formula is C15H14N4. The van der Waals surface area contributed by atoms with E-state index in [-0.39, 0.29) is 0 Å². The quantitative estimate of drug-likeness (QED) is 0.748. The molecule has 3 aromatic rings. The van der Waals surface area contributed by atoms with Crippen LogP contribution in [0.15, 0.2) is 60.7 Å². The molecule has 0 saturated heterocycles.